The monoisotopic (exact) mass is 360 g/mol. The molecule has 6 heteroatoms. The third kappa shape index (κ3) is 6.57. The maximum Gasteiger partial charge on any atom is 0.250 e. The highest BCUT2D eigenvalue weighted by molar-refractivity contribution is 6.30. The van der Waals surface area contributed by atoms with Crippen molar-refractivity contribution in [3.8, 4) is 0 Å². The Morgan fingerprint density at radius 2 is 1.32 bits per heavy atom. The van der Waals surface area contributed by atoms with E-state index in [2.05, 4.69) is 24.5 Å². The number of rotatable bonds is 7. The predicted molar refractivity (Wildman–Crippen MR) is 100 cm³/mol. The highest BCUT2D eigenvalue weighted by Gasteiger charge is 2.07. The average Bonchev–Trinajstić information content (AvgIpc) is 2.57. The van der Waals surface area contributed by atoms with E-state index in [0.717, 1.165) is 0 Å². The molecule has 132 valence electrons. The molecule has 0 heterocycles. The number of anilines is 2. The van der Waals surface area contributed by atoms with Crippen LogP contribution in [0, 0.1) is 0 Å². The van der Waals surface area contributed by atoms with E-state index in [-0.39, 0.29) is 25.0 Å². The quantitative estimate of drug-likeness (QED) is 0.782. The van der Waals surface area contributed by atoms with Crippen molar-refractivity contribution in [1.29, 1.82) is 0 Å². The summed E-state index contributed by atoms with van der Waals surface area (Å²) in [5, 5.41) is 5.97. The SMILES string of the molecule is CC(C)c1ccc(NC(=O)COCC(=O)Nc2ccc(Cl)cc2)cc1. The molecule has 0 atom stereocenters. The molecular formula is C19H21ClN2O3. The molecule has 2 aromatic carbocycles. The number of halogens is 1. The van der Waals surface area contributed by atoms with Crippen molar-refractivity contribution in [1.82, 2.24) is 0 Å². The molecule has 0 aliphatic carbocycles. The number of amides is 2. The van der Waals surface area contributed by atoms with Crippen molar-refractivity contribution in [3.05, 3.63) is 59.1 Å². The summed E-state index contributed by atoms with van der Waals surface area (Å²) in [4.78, 5) is 23.6. The van der Waals surface area contributed by atoms with Crippen LogP contribution in [0.1, 0.15) is 25.3 Å². The lowest BCUT2D eigenvalue weighted by Gasteiger charge is -2.09. The van der Waals surface area contributed by atoms with Gasteiger partial charge < -0.3 is 15.4 Å². The zero-order chi connectivity index (χ0) is 18.2. The summed E-state index contributed by atoms with van der Waals surface area (Å²) < 4.78 is 5.14. The van der Waals surface area contributed by atoms with Gasteiger partial charge in [-0.15, -0.1) is 0 Å². The van der Waals surface area contributed by atoms with E-state index in [1.807, 2.05) is 24.3 Å². The Labute approximate surface area is 152 Å². The van der Waals surface area contributed by atoms with Crippen molar-refractivity contribution in [2.24, 2.45) is 0 Å². The van der Waals surface area contributed by atoms with Crippen molar-refractivity contribution in [2.75, 3.05) is 23.8 Å². The molecule has 0 aliphatic rings. The number of hydrogen-bond acceptors (Lipinski definition) is 3. The fourth-order valence-corrected chi connectivity index (χ4v) is 2.24. The normalized spacial score (nSPS) is 10.6. The zero-order valence-electron chi connectivity index (χ0n) is 14.2. The number of hydrogen-bond donors (Lipinski definition) is 2. The first-order valence-corrected chi connectivity index (χ1v) is 8.35. The van der Waals surface area contributed by atoms with Gasteiger partial charge in [0.05, 0.1) is 0 Å². The second kappa shape index (κ2) is 9.20. The van der Waals surface area contributed by atoms with Crippen LogP contribution in [0.3, 0.4) is 0 Å². The minimum Gasteiger partial charge on any atom is -0.362 e. The topological polar surface area (TPSA) is 67.4 Å². The predicted octanol–water partition coefficient (Wildman–Crippen LogP) is 4.06. The van der Waals surface area contributed by atoms with Crippen molar-refractivity contribution >= 4 is 34.8 Å². The van der Waals surface area contributed by atoms with Gasteiger partial charge in [0, 0.05) is 16.4 Å². The molecule has 2 aromatic rings. The summed E-state index contributed by atoms with van der Waals surface area (Å²) in [6, 6.07) is 14.4. The van der Waals surface area contributed by atoms with Gasteiger partial charge in [0.15, 0.2) is 0 Å². The molecule has 2 rings (SSSR count). The number of benzene rings is 2. The fraction of sp³-hybridized carbons (Fsp3) is 0.263. The molecular weight excluding hydrogens is 340 g/mol. The molecule has 0 aromatic heterocycles. The van der Waals surface area contributed by atoms with E-state index < -0.39 is 0 Å². The summed E-state index contributed by atoms with van der Waals surface area (Å²) in [7, 11) is 0. The average molecular weight is 361 g/mol. The van der Waals surface area contributed by atoms with Crippen molar-refractivity contribution < 1.29 is 14.3 Å². The number of carbonyl (C=O) groups is 2. The minimum absolute atomic E-state index is 0.194. The van der Waals surface area contributed by atoms with Gasteiger partial charge in [-0.1, -0.05) is 37.6 Å². The minimum atomic E-state index is -0.337. The lowest BCUT2D eigenvalue weighted by molar-refractivity contribution is -0.125. The molecule has 0 saturated heterocycles. The second-order valence-electron chi connectivity index (χ2n) is 5.87. The molecule has 0 spiro atoms. The first kappa shape index (κ1) is 19.0. The first-order valence-electron chi connectivity index (χ1n) is 7.97. The van der Waals surface area contributed by atoms with E-state index in [1.165, 1.54) is 5.56 Å². The van der Waals surface area contributed by atoms with Crippen LogP contribution in [0.25, 0.3) is 0 Å². The highest BCUT2D eigenvalue weighted by Crippen LogP contribution is 2.17. The van der Waals surface area contributed by atoms with E-state index in [9.17, 15) is 9.59 Å². The highest BCUT2D eigenvalue weighted by atomic mass is 35.5. The summed E-state index contributed by atoms with van der Waals surface area (Å²) in [5.74, 6) is -0.208. The van der Waals surface area contributed by atoms with Crippen LogP contribution in [0.5, 0.6) is 0 Å². The fourth-order valence-electron chi connectivity index (χ4n) is 2.12. The summed E-state index contributed by atoms with van der Waals surface area (Å²) >= 11 is 5.78. The van der Waals surface area contributed by atoms with Gasteiger partial charge >= 0.3 is 0 Å². The Morgan fingerprint density at radius 1 is 0.880 bits per heavy atom. The summed E-state index contributed by atoms with van der Waals surface area (Å²) in [5.41, 5.74) is 2.52. The number of nitrogens with one attached hydrogen (secondary N) is 2. The van der Waals surface area contributed by atoms with Crippen LogP contribution >= 0.6 is 11.6 Å². The molecule has 2 amide bonds. The Balaban J connectivity index is 1.70. The van der Waals surface area contributed by atoms with Gasteiger partial charge in [-0.2, -0.15) is 0 Å². The molecule has 2 N–H and O–H groups in total. The van der Waals surface area contributed by atoms with Gasteiger partial charge in [-0.3, -0.25) is 9.59 Å². The van der Waals surface area contributed by atoms with Gasteiger partial charge in [-0.05, 0) is 47.9 Å². The zero-order valence-corrected chi connectivity index (χ0v) is 15.0. The van der Waals surface area contributed by atoms with Crippen molar-refractivity contribution in [3.63, 3.8) is 0 Å². The standard InChI is InChI=1S/C19H21ClN2O3/c1-13(2)14-3-7-16(8-4-14)21-18(23)11-25-12-19(24)22-17-9-5-15(20)6-10-17/h3-10,13H,11-12H2,1-2H3,(H,21,23)(H,22,24). The van der Waals surface area contributed by atoms with Crippen LogP contribution in [0.2, 0.25) is 5.02 Å². The third-order valence-electron chi connectivity index (χ3n) is 3.46. The largest absolute Gasteiger partial charge is 0.362 e. The van der Waals surface area contributed by atoms with E-state index >= 15 is 0 Å². The van der Waals surface area contributed by atoms with Crippen molar-refractivity contribution in [2.45, 2.75) is 19.8 Å². The molecule has 0 aliphatic heterocycles. The smallest absolute Gasteiger partial charge is 0.250 e. The molecule has 0 fully saturated rings. The lowest BCUT2D eigenvalue weighted by atomic mass is 10.0. The maximum absolute atomic E-state index is 11.8. The molecule has 0 radical (unpaired) electrons. The molecule has 25 heavy (non-hydrogen) atoms. The number of ether oxygens (including phenoxy) is 1. The summed E-state index contributed by atoms with van der Waals surface area (Å²) in [6.07, 6.45) is 0. The second-order valence-corrected chi connectivity index (χ2v) is 6.31. The van der Waals surface area contributed by atoms with Gasteiger partial charge in [-0.25, -0.2) is 0 Å². The molecule has 5 nitrogen and oxygen atoms in total. The molecule has 0 saturated carbocycles. The Bertz CT molecular complexity index is 712. The van der Waals surface area contributed by atoms with E-state index in [4.69, 9.17) is 16.3 Å². The first-order chi connectivity index (χ1) is 11.9. The van der Waals surface area contributed by atoms with Crippen LogP contribution in [-0.4, -0.2) is 25.0 Å². The van der Waals surface area contributed by atoms with Crippen LogP contribution < -0.4 is 10.6 Å². The Kier molecular flexibility index (Phi) is 6.98. The van der Waals surface area contributed by atoms with Gasteiger partial charge in [0.25, 0.3) is 0 Å². The van der Waals surface area contributed by atoms with E-state index in [0.29, 0.717) is 22.3 Å². The number of carbonyl (C=O) groups excluding carboxylic acids is 2. The van der Waals surface area contributed by atoms with E-state index in [1.54, 1.807) is 24.3 Å². The van der Waals surface area contributed by atoms with Crippen LogP contribution in [0.15, 0.2) is 48.5 Å². The Morgan fingerprint density at radius 3 is 1.76 bits per heavy atom. The molecule has 0 bridgehead atoms. The van der Waals surface area contributed by atoms with Crippen LogP contribution in [0.4, 0.5) is 11.4 Å². The summed E-state index contributed by atoms with van der Waals surface area (Å²) in [6.45, 7) is 3.81. The third-order valence-corrected chi connectivity index (χ3v) is 3.71. The van der Waals surface area contributed by atoms with Gasteiger partial charge in [0.1, 0.15) is 13.2 Å². The van der Waals surface area contributed by atoms with Crippen LogP contribution in [-0.2, 0) is 14.3 Å². The maximum atomic E-state index is 11.8. The molecule has 0 unspecified atom stereocenters. The van der Waals surface area contributed by atoms with Gasteiger partial charge in [0.2, 0.25) is 11.8 Å². The lowest BCUT2D eigenvalue weighted by Crippen LogP contribution is -2.23. The Hall–Kier alpha value is -2.37.